The lowest BCUT2D eigenvalue weighted by molar-refractivity contribution is -0.139. The molecule has 20 heavy (non-hydrogen) atoms. The van der Waals surface area contributed by atoms with E-state index < -0.39 is 5.97 Å². The summed E-state index contributed by atoms with van der Waals surface area (Å²) in [5.74, 6) is -0.634. The van der Waals surface area contributed by atoms with Gasteiger partial charge in [0, 0.05) is 33.6 Å². The van der Waals surface area contributed by atoms with Gasteiger partial charge in [-0.1, -0.05) is 0 Å². The Morgan fingerprint density at radius 1 is 1.25 bits per heavy atom. The number of rotatable bonds is 8. The highest BCUT2D eigenvalue weighted by Crippen LogP contribution is 2.14. The topological polar surface area (TPSA) is 70.1 Å². The van der Waals surface area contributed by atoms with E-state index in [9.17, 15) is 9.59 Å². The van der Waals surface area contributed by atoms with E-state index in [2.05, 4.69) is 4.90 Å². The number of hydrogen-bond acceptors (Lipinski definition) is 4. The van der Waals surface area contributed by atoms with Gasteiger partial charge in [0.15, 0.2) is 0 Å². The molecule has 0 unspecified atom stereocenters. The number of carbonyl (C=O) groups excluding carboxylic acids is 1. The molecule has 0 atom stereocenters. The molecule has 6 nitrogen and oxygen atoms in total. The number of hydrogen-bond donors (Lipinski definition) is 1. The van der Waals surface area contributed by atoms with Crippen molar-refractivity contribution in [2.24, 2.45) is 0 Å². The van der Waals surface area contributed by atoms with Gasteiger partial charge in [0.25, 0.3) is 0 Å². The minimum Gasteiger partial charge on any atom is -0.481 e. The summed E-state index contributed by atoms with van der Waals surface area (Å²) in [6.07, 6.45) is 3.65. The van der Waals surface area contributed by atoms with Gasteiger partial charge in [0.1, 0.15) is 0 Å². The average molecular weight is 286 g/mol. The van der Waals surface area contributed by atoms with Crippen molar-refractivity contribution in [3.8, 4) is 0 Å². The monoisotopic (exact) mass is 286 g/mol. The number of ether oxygens (including phenoxy) is 1. The zero-order chi connectivity index (χ0) is 15.0. The van der Waals surface area contributed by atoms with E-state index in [-0.39, 0.29) is 18.4 Å². The van der Waals surface area contributed by atoms with E-state index in [0.29, 0.717) is 13.0 Å². The molecule has 1 saturated heterocycles. The van der Waals surface area contributed by atoms with Gasteiger partial charge in [0.2, 0.25) is 5.91 Å². The van der Waals surface area contributed by atoms with Gasteiger partial charge in [-0.15, -0.1) is 0 Å². The standard InChI is InChI=1S/C14H26N2O4/c1-15(2)13(17)4-3-8-16-9-5-12(6-10-16)20-11-7-14(18)19/h12H,3-11H2,1-2H3,(H,18,19). The molecule has 1 aliphatic rings. The van der Waals surface area contributed by atoms with Crippen LogP contribution in [0.25, 0.3) is 0 Å². The summed E-state index contributed by atoms with van der Waals surface area (Å²) < 4.78 is 5.55. The van der Waals surface area contributed by atoms with Crippen LogP contribution in [0.3, 0.4) is 0 Å². The molecule has 0 aliphatic carbocycles. The second-order valence-electron chi connectivity index (χ2n) is 5.45. The Kier molecular flexibility index (Phi) is 7.54. The number of likely N-dealkylation sites (tertiary alicyclic amines) is 1. The highest BCUT2D eigenvalue weighted by atomic mass is 16.5. The van der Waals surface area contributed by atoms with E-state index in [4.69, 9.17) is 9.84 Å². The Labute approximate surface area is 120 Å². The van der Waals surface area contributed by atoms with Crippen LogP contribution < -0.4 is 0 Å². The Morgan fingerprint density at radius 3 is 2.45 bits per heavy atom. The molecule has 1 fully saturated rings. The van der Waals surface area contributed by atoms with Crippen LogP contribution in [0.4, 0.5) is 0 Å². The molecule has 0 bridgehead atoms. The summed E-state index contributed by atoms with van der Waals surface area (Å²) >= 11 is 0. The highest BCUT2D eigenvalue weighted by molar-refractivity contribution is 5.75. The second kappa shape index (κ2) is 8.92. The molecule has 1 aliphatic heterocycles. The molecule has 1 heterocycles. The molecule has 116 valence electrons. The van der Waals surface area contributed by atoms with Crippen LogP contribution in [-0.4, -0.2) is 73.2 Å². The van der Waals surface area contributed by atoms with Crippen LogP contribution in [0.2, 0.25) is 0 Å². The predicted molar refractivity (Wildman–Crippen MR) is 75.6 cm³/mol. The first-order valence-corrected chi connectivity index (χ1v) is 7.25. The summed E-state index contributed by atoms with van der Waals surface area (Å²) in [4.78, 5) is 25.8. The maximum Gasteiger partial charge on any atom is 0.305 e. The minimum atomic E-state index is -0.812. The number of piperidine rings is 1. The first-order valence-electron chi connectivity index (χ1n) is 7.25. The Morgan fingerprint density at radius 2 is 1.90 bits per heavy atom. The average Bonchev–Trinajstić information content (AvgIpc) is 2.40. The normalized spacial score (nSPS) is 17.1. The van der Waals surface area contributed by atoms with E-state index in [1.54, 1.807) is 19.0 Å². The van der Waals surface area contributed by atoms with Crippen molar-refractivity contribution in [2.75, 3.05) is 40.3 Å². The molecule has 0 aromatic carbocycles. The van der Waals surface area contributed by atoms with Gasteiger partial charge in [0.05, 0.1) is 19.1 Å². The number of amides is 1. The van der Waals surface area contributed by atoms with Crippen LogP contribution in [0.5, 0.6) is 0 Å². The van der Waals surface area contributed by atoms with Gasteiger partial charge in [-0.3, -0.25) is 9.59 Å². The van der Waals surface area contributed by atoms with Crippen molar-refractivity contribution in [1.82, 2.24) is 9.80 Å². The van der Waals surface area contributed by atoms with Crippen LogP contribution in [0.15, 0.2) is 0 Å². The quantitative estimate of drug-likeness (QED) is 0.715. The molecule has 1 amide bonds. The molecule has 0 aromatic heterocycles. The van der Waals surface area contributed by atoms with Gasteiger partial charge < -0.3 is 19.6 Å². The maximum atomic E-state index is 11.4. The molecule has 0 radical (unpaired) electrons. The summed E-state index contributed by atoms with van der Waals surface area (Å²) in [5, 5.41) is 8.55. The van der Waals surface area contributed by atoms with Gasteiger partial charge >= 0.3 is 5.97 Å². The van der Waals surface area contributed by atoms with Gasteiger partial charge in [-0.05, 0) is 25.8 Å². The van der Waals surface area contributed by atoms with E-state index in [1.165, 1.54) is 0 Å². The largest absolute Gasteiger partial charge is 0.481 e. The molecule has 0 saturated carbocycles. The van der Waals surface area contributed by atoms with Gasteiger partial charge in [-0.2, -0.15) is 0 Å². The molecule has 1 N–H and O–H groups in total. The van der Waals surface area contributed by atoms with E-state index in [1.807, 2.05) is 0 Å². The van der Waals surface area contributed by atoms with Crippen molar-refractivity contribution < 1.29 is 19.4 Å². The summed E-state index contributed by atoms with van der Waals surface area (Å²) in [6.45, 7) is 3.18. The van der Waals surface area contributed by atoms with Crippen molar-refractivity contribution in [3.05, 3.63) is 0 Å². The molecule has 0 aromatic rings. The highest BCUT2D eigenvalue weighted by Gasteiger charge is 2.19. The Bertz CT molecular complexity index is 312. The number of aliphatic carboxylic acids is 1. The fourth-order valence-corrected chi connectivity index (χ4v) is 2.29. The third-order valence-electron chi connectivity index (χ3n) is 3.57. The number of carboxylic acid groups (broad SMARTS) is 1. The fourth-order valence-electron chi connectivity index (χ4n) is 2.29. The third-order valence-corrected chi connectivity index (χ3v) is 3.57. The Hall–Kier alpha value is -1.14. The van der Waals surface area contributed by atoms with Crippen molar-refractivity contribution in [3.63, 3.8) is 0 Å². The van der Waals surface area contributed by atoms with Crippen LogP contribution in [-0.2, 0) is 14.3 Å². The predicted octanol–water partition coefficient (Wildman–Crippen LogP) is 0.810. The number of carbonyl (C=O) groups is 2. The summed E-state index contributed by atoms with van der Waals surface area (Å²) in [6, 6.07) is 0. The summed E-state index contributed by atoms with van der Waals surface area (Å²) in [5.41, 5.74) is 0. The van der Waals surface area contributed by atoms with Crippen molar-refractivity contribution in [2.45, 2.75) is 38.2 Å². The lowest BCUT2D eigenvalue weighted by atomic mass is 10.1. The summed E-state index contributed by atoms with van der Waals surface area (Å²) in [7, 11) is 3.56. The van der Waals surface area contributed by atoms with Crippen LogP contribution in [0, 0.1) is 0 Å². The first kappa shape index (κ1) is 16.9. The van der Waals surface area contributed by atoms with Crippen LogP contribution >= 0.6 is 0 Å². The zero-order valence-electron chi connectivity index (χ0n) is 12.5. The molecule has 1 rings (SSSR count). The zero-order valence-corrected chi connectivity index (χ0v) is 12.5. The second-order valence-corrected chi connectivity index (χ2v) is 5.45. The van der Waals surface area contributed by atoms with Crippen LogP contribution in [0.1, 0.15) is 32.1 Å². The first-order chi connectivity index (χ1) is 9.49. The van der Waals surface area contributed by atoms with Crippen molar-refractivity contribution in [1.29, 1.82) is 0 Å². The van der Waals surface area contributed by atoms with Crippen molar-refractivity contribution >= 4 is 11.9 Å². The molecule has 0 spiro atoms. The fraction of sp³-hybridized carbons (Fsp3) is 0.857. The lowest BCUT2D eigenvalue weighted by Gasteiger charge is -2.31. The lowest BCUT2D eigenvalue weighted by Crippen LogP contribution is -2.38. The molecular weight excluding hydrogens is 260 g/mol. The van der Waals surface area contributed by atoms with Gasteiger partial charge in [-0.25, -0.2) is 0 Å². The molecular formula is C14H26N2O4. The maximum absolute atomic E-state index is 11.4. The van der Waals surface area contributed by atoms with E-state index >= 15 is 0 Å². The minimum absolute atomic E-state index is 0.0763. The number of nitrogens with zero attached hydrogens (tertiary/aromatic N) is 2. The molecule has 6 heteroatoms. The third kappa shape index (κ3) is 6.86. The van der Waals surface area contributed by atoms with E-state index in [0.717, 1.165) is 38.9 Å². The smallest absolute Gasteiger partial charge is 0.305 e. The SMILES string of the molecule is CN(C)C(=O)CCCN1CCC(OCCC(=O)O)CC1. The number of carboxylic acids is 1. The Balaban J connectivity index is 2.07.